The molecule has 6 rings (SSSR count). The molecular weight excluding hydrogens is 328 g/mol. The molecule has 6 aliphatic rings. The monoisotopic (exact) mass is 356 g/mol. The smallest absolute Gasteiger partial charge is 0.306 e. The van der Waals surface area contributed by atoms with Gasteiger partial charge in [0.15, 0.2) is 5.78 Å². The Hall–Kier alpha value is -1.16. The van der Waals surface area contributed by atoms with Crippen molar-refractivity contribution in [3.05, 3.63) is 11.6 Å². The van der Waals surface area contributed by atoms with E-state index < -0.39 is 0 Å². The maximum Gasteiger partial charge on any atom is 0.306 e. The number of hydrogen-bond donors (Lipinski definition) is 0. The molecule has 0 amide bonds. The first-order valence-electron chi connectivity index (χ1n) is 10.5. The quantitative estimate of drug-likeness (QED) is 0.492. The van der Waals surface area contributed by atoms with Crippen LogP contribution in [0.15, 0.2) is 11.6 Å². The summed E-state index contributed by atoms with van der Waals surface area (Å²) in [5.74, 6) is 2.03. The molecule has 0 aromatic carbocycles. The average Bonchev–Trinajstić information content (AvgIpc) is 3.23. The van der Waals surface area contributed by atoms with Crippen molar-refractivity contribution in [1.82, 2.24) is 0 Å². The molecule has 0 aromatic rings. The van der Waals surface area contributed by atoms with E-state index in [1.54, 1.807) is 0 Å². The predicted molar refractivity (Wildman–Crippen MR) is 94.2 cm³/mol. The molecule has 5 fully saturated rings. The topological polar surface area (TPSA) is 55.9 Å². The normalized spacial score (nSPS) is 57.0. The van der Waals surface area contributed by atoms with Crippen molar-refractivity contribution in [2.75, 3.05) is 0 Å². The molecule has 4 aliphatic carbocycles. The van der Waals surface area contributed by atoms with Crippen LogP contribution in [0.5, 0.6) is 0 Å². The van der Waals surface area contributed by atoms with Gasteiger partial charge in [0.2, 0.25) is 0 Å². The molecule has 2 saturated heterocycles. The summed E-state index contributed by atoms with van der Waals surface area (Å²) < 4.78 is 12.2. The lowest BCUT2D eigenvalue weighted by Crippen LogP contribution is -2.56. The molecule has 8 atom stereocenters. The van der Waals surface area contributed by atoms with Gasteiger partial charge in [0.1, 0.15) is 11.7 Å². The zero-order valence-electron chi connectivity index (χ0n) is 15.8. The second kappa shape index (κ2) is 4.63. The zero-order valence-corrected chi connectivity index (χ0v) is 15.8. The number of ketones is 1. The Morgan fingerprint density at radius 2 is 1.81 bits per heavy atom. The number of epoxide rings is 1. The molecule has 0 aromatic heterocycles. The van der Waals surface area contributed by atoms with Gasteiger partial charge in [0.05, 0.1) is 6.10 Å². The van der Waals surface area contributed by atoms with Gasteiger partial charge in [0, 0.05) is 18.3 Å². The Morgan fingerprint density at radius 1 is 1.00 bits per heavy atom. The predicted octanol–water partition coefficient (Wildman–Crippen LogP) is 3.58. The van der Waals surface area contributed by atoms with Gasteiger partial charge in [-0.05, 0) is 73.3 Å². The van der Waals surface area contributed by atoms with Crippen LogP contribution >= 0.6 is 0 Å². The fraction of sp³-hybridized carbons (Fsp3) is 0.818. The van der Waals surface area contributed by atoms with Crippen LogP contribution in [0, 0.1) is 28.6 Å². The first-order valence-corrected chi connectivity index (χ1v) is 10.5. The van der Waals surface area contributed by atoms with Crippen LogP contribution in [-0.2, 0) is 19.1 Å². The summed E-state index contributed by atoms with van der Waals surface area (Å²) in [5, 5.41) is 0. The van der Waals surface area contributed by atoms with E-state index in [0.29, 0.717) is 36.7 Å². The lowest BCUT2D eigenvalue weighted by molar-refractivity contribution is -0.167. The third kappa shape index (κ3) is 1.67. The summed E-state index contributed by atoms with van der Waals surface area (Å²) in [6.07, 6.45) is 10.0. The third-order valence-electron chi connectivity index (χ3n) is 9.56. The van der Waals surface area contributed by atoms with Gasteiger partial charge < -0.3 is 9.47 Å². The van der Waals surface area contributed by atoms with Gasteiger partial charge in [-0.1, -0.05) is 13.8 Å². The van der Waals surface area contributed by atoms with E-state index in [1.165, 1.54) is 12.0 Å². The van der Waals surface area contributed by atoms with E-state index in [9.17, 15) is 9.59 Å². The summed E-state index contributed by atoms with van der Waals surface area (Å²) in [6, 6.07) is 0. The molecule has 140 valence electrons. The third-order valence-corrected chi connectivity index (χ3v) is 9.56. The summed E-state index contributed by atoms with van der Waals surface area (Å²) >= 11 is 0. The highest BCUT2D eigenvalue weighted by Gasteiger charge is 2.72. The highest BCUT2D eigenvalue weighted by molar-refractivity contribution is 5.92. The molecule has 0 unspecified atom stereocenters. The lowest BCUT2D eigenvalue weighted by Gasteiger charge is -2.57. The van der Waals surface area contributed by atoms with E-state index in [4.69, 9.17) is 9.47 Å². The van der Waals surface area contributed by atoms with Crippen molar-refractivity contribution >= 4 is 11.8 Å². The second-order valence-corrected chi connectivity index (χ2v) is 10.3. The van der Waals surface area contributed by atoms with Crippen LogP contribution in [0.1, 0.15) is 65.2 Å². The maximum absolute atomic E-state index is 12.0. The van der Waals surface area contributed by atoms with Crippen molar-refractivity contribution in [1.29, 1.82) is 0 Å². The summed E-state index contributed by atoms with van der Waals surface area (Å²) in [4.78, 5) is 24.0. The highest BCUT2D eigenvalue weighted by atomic mass is 16.6. The maximum atomic E-state index is 12.0. The van der Waals surface area contributed by atoms with Crippen molar-refractivity contribution in [3.63, 3.8) is 0 Å². The number of ether oxygens (including phenoxy) is 2. The Balaban J connectivity index is 1.40. The molecular formula is C22H28O4. The lowest BCUT2D eigenvalue weighted by atomic mass is 9.46. The number of hydrogen-bond acceptors (Lipinski definition) is 4. The second-order valence-electron chi connectivity index (χ2n) is 10.3. The first kappa shape index (κ1) is 15.9. The van der Waals surface area contributed by atoms with Crippen molar-refractivity contribution in [2.24, 2.45) is 28.6 Å². The molecule has 2 aliphatic heterocycles. The number of carbonyl (C=O) groups is 2. The number of carbonyl (C=O) groups excluding carboxylic acids is 2. The summed E-state index contributed by atoms with van der Waals surface area (Å²) in [7, 11) is 0. The molecule has 0 bridgehead atoms. The van der Waals surface area contributed by atoms with E-state index in [2.05, 4.69) is 13.8 Å². The first-order chi connectivity index (χ1) is 12.4. The Kier molecular flexibility index (Phi) is 2.82. The van der Waals surface area contributed by atoms with E-state index in [0.717, 1.165) is 32.1 Å². The number of fused-ring (bicyclic) bond motifs is 9. The molecule has 26 heavy (non-hydrogen) atoms. The van der Waals surface area contributed by atoms with Crippen molar-refractivity contribution in [2.45, 2.75) is 83.0 Å². The minimum atomic E-state index is -0.219. The van der Waals surface area contributed by atoms with Gasteiger partial charge in [0.25, 0.3) is 0 Å². The van der Waals surface area contributed by atoms with Crippen LogP contribution < -0.4 is 0 Å². The fourth-order valence-electron chi connectivity index (χ4n) is 8.10. The SMILES string of the molecule is C[C@]12CCC(=O)C=C1[C@H]1O[C@H]1[C@@H]1[C@@H]2CC[C@@]2(C)[C@H]1CC[C@@]21CCC(=O)O1. The van der Waals surface area contributed by atoms with Crippen LogP contribution in [0.2, 0.25) is 0 Å². The fourth-order valence-corrected chi connectivity index (χ4v) is 8.10. The van der Waals surface area contributed by atoms with Crippen LogP contribution in [-0.4, -0.2) is 29.6 Å². The largest absolute Gasteiger partial charge is 0.458 e. The molecule has 2 heterocycles. The van der Waals surface area contributed by atoms with Gasteiger partial charge in [-0.2, -0.15) is 0 Å². The minimum Gasteiger partial charge on any atom is -0.458 e. The van der Waals surface area contributed by atoms with Gasteiger partial charge in [-0.25, -0.2) is 0 Å². The van der Waals surface area contributed by atoms with Gasteiger partial charge >= 0.3 is 5.97 Å². The van der Waals surface area contributed by atoms with Gasteiger partial charge in [-0.15, -0.1) is 0 Å². The molecule has 4 heteroatoms. The number of esters is 1. The van der Waals surface area contributed by atoms with E-state index in [-0.39, 0.29) is 34.3 Å². The van der Waals surface area contributed by atoms with Crippen molar-refractivity contribution < 1.29 is 19.1 Å². The molecule has 1 spiro atoms. The Labute approximate surface area is 154 Å². The average molecular weight is 356 g/mol. The molecule has 3 saturated carbocycles. The zero-order chi connectivity index (χ0) is 17.9. The minimum absolute atomic E-state index is 0.00108. The van der Waals surface area contributed by atoms with E-state index >= 15 is 0 Å². The van der Waals surface area contributed by atoms with Crippen molar-refractivity contribution in [3.8, 4) is 0 Å². The van der Waals surface area contributed by atoms with E-state index in [1.807, 2.05) is 6.08 Å². The number of rotatable bonds is 0. The van der Waals surface area contributed by atoms with Crippen LogP contribution in [0.25, 0.3) is 0 Å². The summed E-state index contributed by atoms with van der Waals surface area (Å²) in [6.45, 7) is 4.79. The van der Waals surface area contributed by atoms with Crippen LogP contribution in [0.3, 0.4) is 0 Å². The molecule has 0 N–H and O–H groups in total. The van der Waals surface area contributed by atoms with Gasteiger partial charge in [-0.3, -0.25) is 9.59 Å². The van der Waals surface area contributed by atoms with Crippen LogP contribution in [0.4, 0.5) is 0 Å². The highest BCUT2D eigenvalue weighted by Crippen LogP contribution is 2.72. The standard InChI is InChI=1S/C22H28O4/c1-20-7-3-12(23)11-15(20)18-19(25-18)17-13(20)4-8-21(2)14(17)5-9-22(21)10-6-16(24)26-22/h11,13-14,17-19H,3-10H2,1-2H3/t13-,14-,17+,18+,19-,20+,21-,22+/m0/s1. The Bertz CT molecular complexity index is 755. The molecule has 4 nitrogen and oxygen atoms in total. The summed E-state index contributed by atoms with van der Waals surface area (Å²) in [5.41, 5.74) is 1.30. The molecule has 0 radical (unpaired) electrons. The Morgan fingerprint density at radius 3 is 2.58 bits per heavy atom.